The van der Waals surface area contributed by atoms with E-state index < -0.39 is 6.10 Å². The van der Waals surface area contributed by atoms with Crippen molar-refractivity contribution in [2.45, 2.75) is 245 Å². The summed E-state index contributed by atoms with van der Waals surface area (Å²) in [5.74, 6) is -0.406. The maximum absolute atomic E-state index is 12.7. The van der Waals surface area contributed by atoms with Gasteiger partial charge in [0, 0.05) is 19.4 Å². The van der Waals surface area contributed by atoms with Gasteiger partial charge in [-0.15, -0.1) is 0 Å². The van der Waals surface area contributed by atoms with Crippen molar-refractivity contribution in [1.82, 2.24) is 0 Å². The number of rotatable bonds is 44. The van der Waals surface area contributed by atoms with Crippen LogP contribution in [0, 0.1) is 0 Å². The topological polar surface area (TPSA) is 61.8 Å². The molecule has 0 aliphatic rings. The van der Waals surface area contributed by atoms with Crippen LogP contribution in [-0.2, 0) is 23.8 Å². The zero-order valence-corrected chi connectivity index (χ0v) is 37.4. The van der Waals surface area contributed by atoms with Crippen LogP contribution >= 0.6 is 0 Å². The first-order valence-corrected chi connectivity index (χ1v) is 24.2. The third kappa shape index (κ3) is 44.6. The van der Waals surface area contributed by atoms with Crippen molar-refractivity contribution >= 4 is 11.9 Å². The van der Waals surface area contributed by atoms with Crippen LogP contribution in [0.3, 0.4) is 0 Å². The molecule has 0 aliphatic carbocycles. The van der Waals surface area contributed by atoms with Crippen LogP contribution in [0.25, 0.3) is 0 Å². The summed E-state index contributed by atoms with van der Waals surface area (Å²) >= 11 is 0. The lowest BCUT2D eigenvalue weighted by atomic mass is 10.1. The third-order valence-electron chi connectivity index (χ3n) is 10.3. The number of ether oxygens (including phenoxy) is 3. The Morgan fingerprint density at radius 1 is 0.411 bits per heavy atom. The van der Waals surface area contributed by atoms with E-state index in [1.165, 1.54) is 135 Å². The highest BCUT2D eigenvalue weighted by atomic mass is 16.6. The average Bonchev–Trinajstić information content (AvgIpc) is 3.20. The van der Waals surface area contributed by atoms with Gasteiger partial charge >= 0.3 is 11.9 Å². The molecule has 0 aromatic rings. The van der Waals surface area contributed by atoms with E-state index in [2.05, 4.69) is 69.4 Å². The second-order valence-corrected chi connectivity index (χ2v) is 16.0. The van der Waals surface area contributed by atoms with Crippen molar-refractivity contribution in [3.63, 3.8) is 0 Å². The monoisotopic (exact) mass is 785 g/mol. The molecule has 1 atom stereocenters. The number of allylic oxidation sites excluding steroid dienone is 8. The Morgan fingerprint density at radius 3 is 1.36 bits per heavy atom. The molecule has 0 amide bonds. The van der Waals surface area contributed by atoms with Crippen LogP contribution in [0.5, 0.6) is 0 Å². The smallest absolute Gasteiger partial charge is 0.306 e. The molecular weight excluding hydrogens is 693 g/mol. The molecule has 326 valence electrons. The number of esters is 2. The molecule has 5 nitrogen and oxygen atoms in total. The van der Waals surface area contributed by atoms with Crippen LogP contribution in [0.15, 0.2) is 48.6 Å². The zero-order chi connectivity index (χ0) is 40.7. The van der Waals surface area contributed by atoms with Crippen LogP contribution < -0.4 is 0 Å². The van der Waals surface area contributed by atoms with E-state index >= 15 is 0 Å². The molecule has 56 heavy (non-hydrogen) atoms. The van der Waals surface area contributed by atoms with Gasteiger partial charge in [-0.2, -0.15) is 0 Å². The van der Waals surface area contributed by atoms with Gasteiger partial charge < -0.3 is 14.2 Å². The summed E-state index contributed by atoms with van der Waals surface area (Å²) in [5.41, 5.74) is 0. The van der Waals surface area contributed by atoms with Gasteiger partial charge in [-0.05, 0) is 70.6 Å². The zero-order valence-electron chi connectivity index (χ0n) is 37.4. The second kappa shape index (κ2) is 47.2. The number of hydrogen-bond acceptors (Lipinski definition) is 5. The Hall–Kier alpha value is -2.14. The van der Waals surface area contributed by atoms with Gasteiger partial charge in [-0.1, -0.05) is 204 Å². The summed E-state index contributed by atoms with van der Waals surface area (Å²) < 4.78 is 17.3. The normalized spacial score (nSPS) is 12.6. The minimum absolute atomic E-state index is 0.0801. The summed E-state index contributed by atoms with van der Waals surface area (Å²) in [7, 11) is 0. The van der Waals surface area contributed by atoms with Gasteiger partial charge in [0.15, 0.2) is 6.10 Å². The summed E-state index contributed by atoms with van der Waals surface area (Å²) in [5, 5.41) is 0. The van der Waals surface area contributed by atoms with Crippen molar-refractivity contribution in [2.24, 2.45) is 0 Å². The molecular formula is C51H92O5. The number of carbonyl (C=O) groups excluding carboxylic acids is 2. The number of unbranched alkanes of at least 4 members (excludes halogenated alkanes) is 25. The molecule has 0 aliphatic heterocycles. The molecule has 0 fully saturated rings. The molecule has 0 N–H and O–H groups in total. The fraction of sp³-hybridized carbons (Fsp3) is 0.804. The summed E-state index contributed by atoms with van der Waals surface area (Å²) in [6, 6.07) is 0. The van der Waals surface area contributed by atoms with E-state index in [1.807, 2.05) is 0 Å². The minimum atomic E-state index is -0.538. The molecule has 1 unspecified atom stereocenters. The van der Waals surface area contributed by atoms with Gasteiger partial charge in [0.05, 0.1) is 6.61 Å². The molecule has 0 radical (unpaired) electrons. The maximum Gasteiger partial charge on any atom is 0.306 e. The van der Waals surface area contributed by atoms with Gasteiger partial charge in [-0.3, -0.25) is 9.59 Å². The fourth-order valence-corrected chi connectivity index (χ4v) is 6.74. The first-order valence-electron chi connectivity index (χ1n) is 24.2. The Bertz CT molecular complexity index is 935. The lowest BCUT2D eigenvalue weighted by Crippen LogP contribution is -2.30. The standard InChI is InChI=1S/C51H92O5/c1-4-7-10-13-16-19-22-24-25-26-27-28-30-32-35-38-41-44-50(52)55-48-49(47-54-46-43-40-37-34-31-23-20-17-14-11-8-5-2)56-51(53)45-42-39-36-33-29-21-18-15-12-9-6-3/h7,10,14,16-17,19,24-25,49H,4-6,8-9,11-13,15,18,20-23,26-48H2,1-3H3/b10-7-,17-14-,19-16-,25-24-. The Morgan fingerprint density at radius 2 is 0.821 bits per heavy atom. The third-order valence-corrected chi connectivity index (χ3v) is 10.3. The van der Waals surface area contributed by atoms with Gasteiger partial charge in [0.1, 0.15) is 6.61 Å². The largest absolute Gasteiger partial charge is 0.462 e. The molecule has 0 spiro atoms. The summed E-state index contributed by atoms with van der Waals surface area (Å²) in [6.45, 7) is 7.68. The van der Waals surface area contributed by atoms with E-state index in [0.717, 1.165) is 70.6 Å². The van der Waals surface area contributed by atoms with E-state index in [0.29, 0.717) is 19.4 Å². The highest BCUT2D eigenvalue weighted by Gasteiger charge is 2.17. The van der Waals surface area contributed by atoms with E-state index in [-0.39, 0.29) is 25.2 Å². The lowest BCUT2D eigenvalue weighted by Gasteiger charge is -2.18. The first-order chi connectivity index (χ1) is 27.6. The molecule has 0 bridgehead atoms. The molecule has 0 saturated carbocycles. The summed E-state index contributed by atoms with van der Waals surface area (Å²) in [6.07, 6.45) is 56.8. The van der Waals surface area contributed by atoms with Gasteiger partial charge in [0.25, 0.3) is 0 Å². The molecule has 0 aromatic heterocycles. The van der Waals surface area contributed by atoms with Crippen molar-refractivity contribution in [3.05, 3.63) is 48.6 Å². The van der Waals surface area contributed by atoms with Crippen molar-refractivity contribution in [2.75, 3.05) is 19.8 Å². The average molecular weight is 785 g/mol. The quantitative estimate of drug-likeness (QED) is 0.0350. The minimum Gasteiger partial charge on any atom is -0.462 e. The first kappa shape index (κ1) is 53.9. The van der Waals surface area contributed by atoms with E-state index in [9.17, 15) is 9.59 Å². The predicted molar refractivity (Wildman–Crippen MR) is 242 cm³/mol. The van der Waals surface area contributed by atoms with E-state index in [1.54, 1.807) is 0 Å². The summed E-state index contributed by atoms with van der Waals surface area (Å²) in [4.78, 5) is 25.3. The van der Waals surface area contributed by atoms with Gasteiger partial charge in [0.2, 0.25) is 0 Å². The van der Waals surface area contributed by atoms with Crippen molar-refractivity contribution in [1.29, 1.82) is 0 Å². The molecule has 0 heterocycles. The predicted octanol–water partition coefficient (Wildman–Crippen LogP) is 16.0. The Labute approximate surface area is 348 Å². The molecule has 0 saturated heterocycles. The fourth-order valence-electron chi connectivity index (χ4n) is 6.74. The van der Waals surface area contributed by atoms with Crippen LogP contribution in [0.1, 0.15) is 239 Å². The second-order valence-electron chi connectivity index (χ2n) is 16.0. The molecule has 0 rings (SSSR count). The Balaban J connectivity index is 4.23. The highest BCUT2D eigenvalue weighted by molar-refractivity contribution is 5.70. The van der Waals surface area contributed by atoms with E-state index in [4.69, 9.17) is 14.2 Å². The lowest BCUT2D eigenvalue weighted by molar-refractivity contribution is -0.163. The molecule has 5 heteroatoms. The van der Waals surface area contributed by atoms with Crippen LogP contribution in [0.4, 0.5) is 0 Å². The molecule has 0 aromatic carbocycles. The Kier molecular flexibility index (Phi) is 45.4. The maximum atomic E-state index is 12.7. The van der Waals surface area contributed by atoms with Crippen LogP contribution in [-0.4, -0.2) is 37.9 Å². The van der Waals surface area contributed by atoms with Crippen molar-refractivity contribution in [3.8, 4) is 0 Å². The number of carbonyl (C=O) groups is 2. The van der Waals surface area contributed by atoms with Crippen LogP contribution in [0.2, 0.25) is 0 Å². The SMILES string of the molecule is CC/C=C\C/C=C\C/C=C\CCCCCCCCCC(=O)OCC(COCCCCCCCC/C=C\CCCC)OC(=O)CCCCCCCCCCCCC. The number of hydrogen-bond donors (Lipinski definition) is 0. The van der Waals surface area contributed by atoms with Crippen molar-refractivity contribution < 1.29 is 23.8 Å². The van der Waals surface area contributed by atoms with Gasteiger partial charge in [-0.25, -0.2) is 0 Å². The highest BCUT2D eigenvalue weighted by Crippen LogP contribution is 2.14.